The molecule has 7 heteroatoms. The zero-order valence-electron chi connectivity index (χ0n) is 13.0. The van der Waals surface area contributed by atoms with Crippen molar-refractivity contribution in [3.8, 4) is 0 Å². The van der Waals surface area contributed by atoms with Gasteiger partial charge in [0.05, 0.1) is 6.54 Å². The average molecular weight is 352 g/mol. The van der Waals surface area contributed by atoms with Crippen molar-refractivity contribution in [1.82, 2.24) is 10.6 Å². The highest BCUT2D eigenvalue weighted by molar-refractivity contribution is 7.12. The largest absolute Gasteiger partial charge is 0.382 e. The van der Waals surface area contributed by atoms with Gasteiger partial charge in [-0.3, -0.25) is 9.59 Å². The Labute approximate surface area is 143 Å². The van der Waals surface area contributed by atoms with Crippen molar-refractivity contribution in [2.45, 2.75) is 26.5 Å². The van der Waals surface area contributed by atoms with Crippen LogP contribution >= 0.6 is 22.7 Å². The van der Waals surface area contributed by atoms with E-state index in [0.717, 1.165) is 14.6 Å². The van der Waals surface area contributed by atoms with Crippen molar-refractivity contribution in [1.29, 1.82) is 0 Å². The van der Waals surface area contributed by atoms with Gasteiger partial charge in [0, 0.05) is 21.2 Å². The Hall–Kier alpha value is -1.70. The number of hydrogen-bond donors (Lipinski definition) is 3. The summed E-state index contributed by atoms with van der Waals surface area (Å²) in [6, 6.07) is 7.47. The number of aliphatic hydroxyl groups is 1. The van der Waals surface area contributed by atoms with Crippen LogP contribution in [0.25, 0.3) is 0 Å². The molecule has 2 aromatic heterocycles. The fraction of sp³-hybridized carbons (Fsp3) is 0.375. The highest BCUT2D eigenvalue weighted by Crippen LogP contribution is 2.30. The third-order valence-electron chi connectivity index (χ3n) is 3.06. The van der Waals surface area contributed by atoms with Gasteiger partial charge in [-0.05, 0) is 29.5 Å². The predicted molar refractivity (Wildman–Crippen MR) is 92.4 cm³/mol. The number of amides is 2. The summed E-state index contributed by atoms with van der Waals surface area (Å²) in [6.07, 6.45) is -0.640. The molecule has 0 saturated heterocycles. The van der Waals surface area contributed by atoms with E-state index in [1.165, 1.54) is 22.7 Å². The molecule has 0 bridgehead atoms. The van der Waals surface area contributed by atoms with Crippen LogP contribution in [0.15, 0.2) is 29.6 Å². The van der Waals surface area contributed by atoms with Crippen LogP contribution in [0.4, 0.5) is 0 Å². The lowest BCUT2D eigenvalue weighted by molar-refractivity contribution is -0.139. The lowest BCUT2D eigenvalue weighted by Gasteiger charge is -2.07. The summed E-state index contributed by atoms with van der Waals surface area (Å²) in [5.74, 6) is -0.959. The molecule has 0 aliphatic heterocycles. The van der Waals surface area contributed by atoms with E-state index in [9.17, 15) is 14.7 Å². The van der Waals surface area contributed by atoms with Gasteiger partial charge in [0.1, 0.15) is 6.10 Å². The number of rotatable bonds is 6. The SMILES string of the molecule is CC(C)CNC(=O)C(=O)NCc1ccc(C(O)c2cccs2)s1. The lowest BCUT2D eigenvalue weighted by atomic mass is 10.2. The molecule has 1 unspecified atom stereocenters. The third kappa shape index (κ3) is 5.16. The molecule has 3 N–H and O–H groups in total. The van der Waals surface area contributed by atoms with E-state index in [4.69, 9.17) is 0 Å². The van der Waals surface area contributed by atoms with Gasteiger partial charge in [-0.25, -0.2) is 0 Å². The maximum absolute atomic E-state index is 11.7. The summed E-state index contributed by atoms with van der Waals surface area (Å²) >= 11 is 2.92. The van der Waals surface area contributed by atoms with Crippen molar-refractivity contribution >= 4 is 34.5 Å². The molecular weight excluding hydrogens is 332 g/mol. The topological polar surface area (TPSA) is 78.4 Å². The minimum absolute atomic E-state index is 0.274. The van der Waals surface area contributed by atoms with Crippen molar-refractivity contribution in [2.75, 3.05) is 6.54 Å². The molecule has 0 aliphatic carbocycles. The van der Waals surface area contributed by atoms with E-state index >= 15 is 0 Å². The second kappa shape index (κ2) is 8.24. The van der Waals surface area contributed by atoms with Gasteiger partial charge < -0.3 is 15.7 Å². The molecule has 2 aromatic rings. The van der Waals surface area contributed by atoms with Crippen LogP contribution in [0.1, 0.15) is 34.6 Å². The van der Waals surface area contributed by atoms with Crippen molar-refractivity contribution in [3.05, 3.63) is 44.3 Å². The van der Waals surface area contributed by atoms with Gasteiger partial charge in [-0.2, -0.15) is 0 Å². The standard InChI is InChI=1S/C16H20N2O3S2/c1-10(2)8-17-15(20)16(21)18-9-11-5-6-13(23-11)14(19)12-4-3-7-22-12/h3-7,10,14,19H,8-9H2,1-2H3,(H,17,20)(H,18,21). The predicted octanol–water partition coefficient (Wildman–Crippen LogP) is 2.28. The molecule has 0 radical (unpaired) electrons. The van der Waals surface area contributed by atoms with E-state index in [2.05, 4.69) is 10.6 Å². The van der Waals surface area contributed by atoms with E-state index in [1.807, 2.05) is 43.5 Å². The second-order valence-electron chi connectivity index (χ2n) is 5.51. The summed E-state index contributed by atoms with van der Waals surface area (Å²) in [6.45, 7) is 4.67. The minimum Gasteiger partial charge on any atom is -0.382 e. The van der Waals surface area contributed by atoms with Crippen LogP contribution < -0.4 is 10.6 Å². The monoisotopic (exact) mass is 352 g/mol. The Morgan fingerprint density at radius 1 is 1.13 bits per heavy atom. The fourth-order valence-electron chi connectivity index (χ4n) is 1.85. The minimum atomic E-state index is -0.640. The maximum atomic E-state index is 11.7. The molecule has 0 spiro atoms. The molecule has 2 rings (SSSR count). The van der Waals surface area contributed by atoms with Crippen molar-refractivity contribution in [2.24, 2.45) is 5.92 Å². The Morgan fingerprint density at radius 2 is 1.87 bits per heavy atom. The first kappa shape index (κ1) is 17.7. The second-order valence-corrected chi connectivity index (χ2v) is 7.69. The molecule has 23 heavy (non-hydrogen) atoms. The zero-order valence-corrected chi connectivity index (χ0v) is 14.7. The van der Waals surface area contributed by atoms with Crippen molar-refractivity contribution < 1.29 is 14.7 Å². The Morgan fingerprint density at radius 3 is 2.52 bits per heavy atom. The number of carbonyl (C=O) groups is 2. The third-order valence-corrected chi connectivity index (χ3v) is 5.13. The summed E-state index contributed by atoms with van der Waals surface area (Å²) in [4.78, 5) is 25.9. The molecule has 0 aromatic carbocycles. The first-order valence-electron chi connectivity index (χ1n) is 7.33. The van der Waals surface area contributed by atoms with Crippen LogP contribution in [-0.2, 0) is 16.1 Å². The van der Waals surface area contributed by atoms with Crippen LogP contribution in [0, 0.1) is 5.92 Å². The van der Waals surface area contributed by atoms with E-state index < -0.39 is 17.9 Å². The summed E-state index contributed by atoms with van der Waals surface area (Å²) < 4.78 is 0. The molecule has 1 atom stereocenters. The van der Waals surface area contributed by atoms with Gasteiger partial charge in [0.2, 0.25) is 0 Å². The number of nitrogens with one attached hydrogen (secondary N) is 2. The quantitative estimate of drug-likeness (QED) is 0.698. The molecule has 2 heterocycles. The molecular formula is C16H20N2O3S2. The van der Waals surface area contributed by atoms with Crippen LogP contribution in [0.5, 0.6) is 0 Å². The summed E-state index contributed by atoms with van der Waals surface area (Å²) in [7, 11) is 0. The van der Waals surface area contributed by atoms with Gasteiger partial charge >= 0.3 is 11.8 Å². The molecule has 5 nitrogen and oxygen atoms in total. The van der Waals surface area contributed by atoms with Gasteiger partial charge in [0.25, 0.3) is 0 Å². The Bertz CT molecular complexity index is 650. The molecule has 0 aliphatic rings. The average Bonchev–Trinajstić information content (AvgIpc) is 3.20. The first-order valence-corrected chi connectivity index (χ1v) is 9.03. The Kier molecular flexibility index (Phi) is 6.32. The van der Waals surface area contributed by atoms with Crippen LogP contribution in [0.3, 0.4) is 0 Å². The highest BCUT2D eigenvalue weighted by Gasteiger charge is 2.16. The van der Waals surface area contributed by atoms with Crippen molar-refractivity contribution in [3.63, 3.8) is 0 Å². The number of aliphatic hydroxyl groups excluding tert-OH is 1. The first-order chi connectivity index (χ1) is 11.0. The van der Waals surface area contributed by atoms with Crippen LogP contribution in [0.2, 0.25) is 0 Å². The van der Waals surface area contributed by atoms with E-state index in [-0.39, 0.29) is 6.54 Å². The van der Waals surface area contributed by atoms with E-state index in [0.29, 0.717) is 12.5 Å². The molecule has 0 fully saturated rings. The molecule has 0 saturated carbocycles. The highest BCUT2D eigenvalue weighted by atomic mass is 32.1. The maximum Gasteiger partial charge on any atom is 0.309 e. The molecule has 124 valence electrons. The summed E-state index contributed by atoms with van der Waals surface area (Å²) in [5, 5.41) is 17.3. The number of thiophene rings is 2. The van der Waals surface area contributed by atoms with Gasteiger partial charge in [-0.15, -0.1) is 22.7 Å². The van der Waals surface area contributed by atoms with Gasteiger partial charge in [0.15, 0.2) is 0 Å². The summed E-state index contributed by atoms with van der Waals surface area (Å²) in [5.41, 5.74) is 0. The lowest BCUT2D eigenvalue weighted by Crippen LogP contribution is -2.40. The van der Waals surface area contributed by atoms with E-state index in [1.54, 1.807) is 0 Å². The Balaban J connectivity index is 1.85. The fourth-order valence-corrected chi connectivity index (χ4v) is 3.61. The van der Waals surface area contributed by atoms with Crippen LogP contribution in [-0.4, -0.2) is 23.5 Å². The molecule has 2 amide bonds. The number of hydrogen-bond acceptors (Lipinski definition) is 5. The van der Waals surface area contributed by atoms with Gasteiger partial charge in [-0.1, -0.05) is 19.9 Å². The zero-order chi connectivity index (χ0) is 16.8. The normalized spacial score (nSPS) is 12.2. The smallest absolute Gasteiger partial charge is 0.309 e. The number of carbonyl (C=O) groups excluding carboxylic acids is 2.